The molecule has 5 nitrogen and oxygen atoms in total. The average molecular weight is 246 g/mol. The fraction of sp³-hybridized carbons (Fsp3) is 0.231. The van der Waals surface area contributed by atoms with Crippen molar-refractivity contribution in [1.29, 1.82) is 0 Å². The quantitative estimate of drug-likeness (QED) is 0.879. The van der Waals surface area contributed by atoms with Crippen molar-refractivity contribution in [2.45, 2.75) is 13.3 Å². The van der Waals surface area contributed by atoms with E-state index in [2.05, 4.69) is 9.97 Å². The molecule has 0 atom stereocenters. The lowest BCUT2D eigenvalue weighted by atomic mass is 10.3. The molecule has 0 spiro atoms. The van der Waals surface area contributed by atoms with E-state index in [1.165, 1.54) is 12.4 Å². The SMILES string of the molecule is CCCOc1ccccc1Oc1ncc[nH]c1=O. The molecule has 18 heavy (non-hydrogen) atoms. The molecule has 0 bridgehead atoms. The van der Waals surface area contributed by atoms with Crippen LogP contribution in [0.4, 0.5) is 0 Å². The number of nitrogens with one attached hydrogen (secondary N) is 1. The molecule has 1 aromatic carbocycles. The van der Waals surface area contributed by atoms with Crippen molar-refractivity contribution in [2.24, 2.45) is 0 Å². The Hall–Kier alpha value is -2.30. The number of hydrogen-bond acceptors (Lipinski definition) is 4. The predicted octanol–water partition coefficient (Wildman–Crippen LogP) is 2.35. The first-order valence-electron chi connectivity index (χ1n) is 5.74. The van der Waals surface area contributed by atoms with Crippen LogP contribution in [0.15, 0.2) is 41.5 Å². The topological polar surface area (TPSA) is 64.2 Å². The first-order chi connectivity index (χ1) is 8.81. The maximum Gasteiger partial charge on any atom is 0.311 e. The molecule has 0 saturated heterocycles. The summed E-state index contributed by atoms with van der Waals surface area (Å²) < 4.78 is 11.0. The minimum atomic E-state index is -0.372. The Morgan fingerprint density at radius 3 is 2.78 bits per heavy atom. The Kier molecular flexibility index (Phi) is 3.96. The Morgan fingerprint density at radius 2 is 2.06 bits per heavy atom. The van der Waals surface area contributed by atoms with Gasteiger partial charge in [0.2, 0.25) is 0 Å². The number of nitrogens with zero attached hydrogens (tertiary/aromatic N) is 1. The van der Waals surface area contributed by atoms with E-state index in [1.807, 2.05) is 19.1 Å². The maximum absolute atomic E-state index is 11.5. The summed E-state index contributed by atoms with van der Waals surface area (Å²) >= 11 is 0. The van der Waals surface area contributed by atoms with Crippen molar-refractivity contribution in [2.75, 3.05) is 6.61 Å². The fourth-order valence-electron chi connectivity index (χ4n) is 1.38. The number of aromatic nitrogens is 2. The van der Waals surface area contributed by atoms with E-state index in [0.29, 0.717) is 18.1 Å². The summed E-state index contributed by atoms with van der Waals surface area (Å²) in [7, 11) is 0. The third-order valence-corrected chi connectivity index (χ3v) is 2.19. The fourth-order valence-corrected chi connectivity index (χ4v) is 1.38. The smallest absolute Gasteiger partial charge is 0.311 e. The third kappa shape index (κ3) is 2.88. The highest BCUT2D eigenvalue weighted by molar-refractivity contribution is 5.41. The average Bonchev–Trinajstić information content (AvgIpc) is 2.40. The van der Waals surface area contributed by atoms with Crippen molar-refractivity contribution in [3.05, 3.63) is 47.0 Å². The van der Waals surface area contributed by atoms with Crippen LogP contribution in [0.1, 0.15) is 13.3 Å². The molecule has 0 fully saturated rings. The summed E-state index contributed by atoms with van der Waals surface area (Å²) in [5.74, 6) is 1.09. The lowest BCUT2D eigenvalue weighted by Crippen LogP contribution is -2.09. The lowest BCUT2D eigenvalue weighted by molar-refractivity contribution is 0.300. The molecule has 0 aliphatic carbocycles. The van der Waals surface area contributed by atoms with Crippen LogP contribution in [0.3, 0.4) is 0 Å². The molecule has 2 aromatic rings. The molecule has 2 rings (SSSR count). The van der Waals surface area contributed by atoms with Crippen molar-refractivity contribution < 1.29 is 9.47 Å². The molecule has 0 amide bonds. The highest BCUT2D eigenvalue weighted by atomic mass is 16.5. The van der Waals surface area contributed by atoms with Crippen LogP contribution in [-0.4, -0.2) is 16.6 Å². The van der Waals surface area contributed by atoms with E-state index < -0.39 is 0 Å². The van der Waals surface area contributed by atoms with Crippen molar-refractivity contribution >= 4 is 0 Å². The largest absolute Gasteiger partial charge is 0.490 e. The predicted molar refractivity (Wildman–Crippen MR) is 67.2 cm³/mol. The number of para-hydroxylation sites is 2. The van der Waals surface area contributed by atoms with E-state index in [0.717, 1.165) is 6.42 Å². The zero-order valence-corrected chi connectivity index (χ0v) is 10.1. The van der Waals surface area contributed by atoms with Crippen molar-refractivity contribution in [3.8, 4) is 17.4 Å². The molecule has 0 aliphatic rings. The summed E-state index contributed by atoms with van der Waals surface area (Å²) in [6, 6.07) is 7.19. The van der Waals surface area contributed by atoms with Gasteiger partial charge in [-0.15, -0.1) is 0 Å². The molecule has 0 unspecified atom stereocenters. The first kappa shape index (κ1) is 12.2. The second kappa shape index (κ2) is 5.86. The van der Waals surface area contributed by atoms with Gasteiger partial charge in [-0.1, -0.05) is 19.1 Å². The molecule has 1 heterocycles. The second-order valence-corrected chi connectivity index (χ2v) is 3.62. The highest BCUT2D eigenvalue weighted by Crippen LogP contribution is 2.29. The molecule has 1 aromatic heterocycles. The van der Waals surface area contributed by atoms with E-state index >= 15 is 0 Å². The number of ether oxygens (including phenoxy) is 2. The summed E-state index contributed by atoms with van der Waals surface area (Å²) in [6.45, 7) is 2.62. The lowest BCUT2D eigenvalue weighted by Gasteiger charge is -2.10. The minimum absolute atomic E-state index is 0.00467. The molecule has 0 saturated carbocycles. The zero-order chi connectivity index (χ0) is 12.8. The maximum atomic E-state index is 11.5. The molecule has 94 valence electrons. The number of aromatic amines is 1. The van der Waals surface area contributed by atoms with Gasteiger partial charge in [0.05, 0.1) is 6.61 Å². The Bertz CT molecular complexity index is 566. The van der Waals surface area contributed by atoms with Gasteiger partial charge in [-0.3, -0.25) is 4.79 Å². The van der Waals surface area contributed by atoms with Gasteiger partial charge in [-0.2, -0.15) is 0 Å². The van der Waals surface area contributed by atoms with Gasteiger partial charge in [0.15, 0.2) is 11.5 Å². The van der Waals surface area contributed by atoms with Gasteiger partial charge in [0.1, 0.15) is 0 Å². The van der Waals surface area contributed by atoms with Gasteiger partial charge < -0.3 is 14.5 Å². The number of benzene rings is 1. The van der Waals surface area contributed by atoms with Crippen LogP contribution in [-0.2, 0) is 0 Å². The van der Waals surface area contributed by atoms with Crippen LogP contribution < -0.4 is 15.0 Å². The Labute approximate surface area is 104 Å². The van der Waals surface area contributed by atoms with E-state index in [-0.39, 0.29) is 11.4 Å². The van der Waals surface area contributed by atoms with Gasteiger partial charge in [0, 0.05) is 12.4 Å². The summed E-state index contributed by atoms with van der Waals surface area (Å²) in [5, 5.41) is 0. The van der Waals surface area contributed by atoms with Gasteiger partial charge >= 0.3 is 5.56 Å². The number of hydrogen-bond donors (Lipinski definition) is 1. The van der Waals surface area contributed by atoms with E-state index in [4.69, 9.17) is 9.47 Å². The van der Waals surface area contributed by atoms with Crippen molar-refractivity contribution in [1.82, 2.24) is 9.97 Å². The summed E-state index contributed by atoms with van der Waals surface area (Å²) in [5.41, 5.74) is -0.372. The summed E-state index contributed by atoms with van der Waals surface area (Å²) in [6.07, 6.45) is 3.82. The molecule has 0 radical (unpaired) electrons. The monoisotopic (exact) mass is 246 g/mol. The van der Waals surface area contributed by atoms with Gasteiger partial charge in [-0.05, 0) is 18.6 Å². The Morgan fingerprint density at radius 1 is 1.28 bits per heavy atom. The van der Waals surface area contributed by atoms with Gasteiger partial charge in [-0.25, -0.2) is 4.98 Å². The third-order valence-electron chi connectivity index (χ3n) is 2.19. The standard InChI is InChI=1S/C13H14N2O3/c1-2-9-17-10-5-3-4-6-11(10)18-13-12(16)14-7-8-15-13/h3-8H,2,9H2,1H3,(H,14,16). The summed E-state index contributed by atoms with van der Waals surface area (Å²) in [4.78, 5) is 17.8. The van der Waals surface area contributed by atoms with E-state index in [1.54, 1.807) is 12.1 Å². The van der Waals surface area contributed by atoms with E-state index in [9.17, 15) is 4.79 Å². The number of H-pyrrole nitrogens is 1. The Balaban J connectivity index is 2.23. The van der Waals surface area contributed by atoms with Crippen molar-refractivity contribution in [3.63, 3.8) is 0 Å². The molecule has 1 N–H and O–H groups in total. The van der Waals surface area contributed by atoms with Crippen LogP contribution in [0.25, 0.3) is 0 Å². The second-order valence-electron chi connectivity index (χ2n) is 3.62. The zero-order valence-electron chi connectivity index (χ0n) is 10.1. The van der Waals surface area contributed by atoms with Crippen LogP contribution in [0, 0.1) is 0 Å². The molecular formula is C13H14N2O3. The van der Waals surface area contributed by atoms with Crippen LogP contribution in [0.2, 0.25) is 0 Å². The normalized spacial score (nSPS) is 10.1. The molecule has 0 aliphatic heterocycles. The number of rotatable bonds is 5. The van der Waals surface area contributed by atoms with Gasteiger partial charge in [0.25, 0.3) is 5.88 Å². The molecular weight excluding hydrogens is 232 g/mol. The van der Waals surface area contributed by atoms with Crippen LogP contribution in [0.5, 0.6) is 17.4 Å². The van der Waals surface area contributed by atoms with Crippen LogP contribution >= 0.6 is 0 Å². The molecule has 5 heteroatoms. The first-order valence-corrected chi connectivity index (χ1v) is 5.74. The highest BCUT2D eigenvalue weighted by Gasteiger charge is 2.08. The minimum Gasteiger partial charge on any atom is -0.490 e.